The Morgan fingerprint density at radius 3 is 2.52 bits per heavy atom. The number of hydrogen-bond donors (Lipinski definition) is 1. The van der Waals surface area contributed by atoms with Crippen molar-refractivity contribution < 1.29 is 19.0 Å². The summed E-state index contributed by atoms with van der Waals surface area (Å²) in [5, 5.41) is 2.94. The molecule has 0 bridgehead atoms. The minimum Gasteiger partial charge on any atom is -0.496 e. The standard InChI is InChI=1S/C20H23NO4/c1-12(2)15-11-16(13(3)9-18(15)23-4)20(22)21-14-5-6-17-19(10-14)25-8-7-24-17/h5-6,9-12H,7-8H2,1-4H3,(H,21,22). The molecule has 0 saturated carbocycles. The van der Waals surface area contributed by atoms with Crippen LogP contribution in [0.3, 0.4) is 0 Å². The zero-order chi connectivity index (χ0) is 18.0. The lowest BCUT2D eigenvalue weighted by molar-refractivity contribution is 0.102. The molecule has 1 amide bonds. The number of ether oxygens (including phenoxy) is 3. The van der Waals surface area contributed by atoms with Gasteiger partial charge >= 0.3 is 0 Å². The smallest absolute Gasteiger partial charge is 0.255 e. The number of aryl methyl sites for hydroxylation is 1. The normalized spacial score (nSPS) is 12.8. The van der Waals surface area contributed by atoms with E-state index in [9.17, 15) is 4.79 Å². The fourth-order valence-electron chi connectivity index (χ4n) is 2.89. The number of carbonyl (C=O) groups is 1. The molecular weight excluding hydrogens is 318 g/mol. The fourth-order valence-corrected chi connectivity index (χ4v) is 2.89. The molecule has 2 aromatic rings. The van der Waals surface area contributed by atoms with Gasteiger partial charge in [-0.1, -0.05) is 13.8 Å². The van der Waals surface area contributed by atoms with E-state index in [0.717, 1.165) is 16.9 Å². The molecule has 5 heteroatoms. The van der Waals surface area contributed by atoms with Crippen molar-refractivity contribution in [3.8, 4) is 17.2 Å². The van der Waals surface area contributed by atoms with Crippen LogP contribution >= 0.6 is 0 Å². The summed E-state index contributed by atoms with van der Waals surface area (Å²) in [7, 11) is 1.65. The second-order valence-electron chi connectivity index (χ2n) is 6.38. The van der Waals surface area contributed by atoms with Crippen molar-refractivity contribution >= 4 is 11.6 Å². The molecule has 1 N–H and O–H groups in total. The van der Waals surface area contributed by atoms with E-state index >= 15 is 0 Å². The molecule has 0 aromatic heterocycles. The molecule has 5 nitrogen and oxygen atoms in total. The lowest BCUT2D eigenvalue weighted by Gasteiger charge is -2.19. The summed E-state index contributed by atoms with van der Waals surface area (Å²) in [5.41, 5.74) is 3.20. The van der Waals surface area contributed by atoms with E-state index in [0.29, 0.717) is 36.0 Å². The van der Waals surface area contributed by atoms with Gasteiger partial charge in [0.25, 0.3) is 5.91 Å². The summed E-state index contributed by atoms with van der Waals surface area (Å²) in [4.78, 5) is 12.8. The number of rotatable bonds is 4. The van der Waals surface area contributed by atoms with Gasteiger partial charge in [-0.2, -0.15) is 0 Å². The molecule has 0 saturated heterocycles. The van der Waals surface area contributed by atoms with Crippen molar-refractivity contribution in [3.63, 3.8) is 0 Å². The largest absolute Gasteiger partial charge is 0.496 e. The number of methoxy groups -OCH3 is 1. The van der Waals surface area contributed by atoms with E-state index in [-0.39, 0.29) is 11.8 Å². The quantitative estimate of drug-likeness (QED) is 0.907. The molecule has 1 aliphatic rings. The first-order valence-corrected chi connectivity index (χ1v) is 8.39. The minimum atomic E-state index is -0.154. The highest BCUT2D eigenvalue weighted by atomic mass is 16.6. The van der Waals surface area contributed by atoms with Crippen LogP contribution in [0.15, 0.2) is 30.3 Å². The van der Waals surface area contributed by atoms with Gasteiger partial charge in [0.15, 0.2) is 11.5 Å². The van der Waals surface area contributed by atoms with Crippen LogP contribution in [0.4, 0.5) is 5.69 Å². The number of hydrogen-bond acceptors (Lipinski definition) is 4. The number of amides is 1. The van der Waals surface area contributed by atoms with Crippen LogP contribution in [0, 0.1) is 6.92 Å². The number of fused-ring (bicyclic) bond motifs is 1. The highest BCUT2D eigenvalue weighted by Gasteiger charge is 2.17. The van der Waals surface area contributed by atoms with Crippen molar-refractivity contribution in [2.45, 2.75) is 26.7 Å². The lowest BCUT2D eigenvalue weighted by Crippen LogP contribution is -2.17. The van der Waals surface area contributed by atoms with Crippen molar-refractivity contribution in [2.75, 3.05) is 25.6 Å². The maximum Gasteiger partial charge on any atom is 0.255 e. The molecule has 2 aromatic carbocycles. The summed E-state index contributed by atoms with van der Waals surface area (Å²) in [6, 6.07) is 9.23. The van der Waals surface area contributed by atoms with Crippen LogP contribution in [0.25, 0.3) is 0 Å². The molecule has 1 heterocycles. The van der Waals surface area contributed by atoms with Crippen molar-refractivity contribution in [3.05, 3.63) is 47.0 Å². The number of nitrogens with one attached hydrogen (secondary N) is 1. The first-order chi connectivity index (χ1) is 12.0. The van der Waals surface area contributed by atoms with Gasteiger partial charge in [-0.05, 0) is 48.2 Å². The Bertz CT molecular complexity index is 799. The van der Waals surface area contributed by atoms with Gasteiger partial charge in [-0.15, -0.1) is 0 Å². The molecule has 0 aliphatic carbocycles. The molecule has 0 radical (unpaired) electrons. The van der Waals surface area contributed by atoms with Crippen LogP contribution in [0.1, 0.15) is 41.3 Å². The van der Waals surface area contributed by atoms with Crippen molar-refractivity contribution in [1.82, 2.24) is 0 Å². The second-order valence-corrected chi connectivity index (χ2v) is 6.38. The van der Waals surface area contributed by atoms with Crippen LogP contribution in [-0.2, 0) is 0 Å². The average molecular weight is 341 g/mol. The Kier molecular flexibility index (Phi) is 4.83. The Balaban J connectivity index is 1.87. The van der Waals surface area contributed by atoms with E-state index in [1.165, 1.54) is 0 Å². The van der Waals surface area contributed by atoms with Gasteiger partial charge in [-0.25, -0.2) is 0 Å². The maximum atomic E-state index is 12.8. The zero-order valence-electron chi connectivity index (χ0n) is 15.0. The van der Waals surface area contributed by atoms with Gasteiger partial charge in [0.1, 0.15) is 19.0 Å². The summed E-state index contributed by atoms with van der Waals surface area (Å²) >= 11 is 0. The minimum absolute atomic E-state index is 0.154. The summed E-state index contributed by atoms with van der Waals surface area (Å²) in [5.74, 6) is 2.27. The highest BCUT2D eigenvalue weighted by Crippen LogP contribution is 2.33. The van der Waals surface area contributed by atoms with Gasteiger partial charge < -0.3 is 19.5 Å². The Labute approximate surface area is 147 Å². The predicted octanol–water partition coefficient (Wildman–Crippen LogP) is 4.15. The first-order valence-electron chi connectivity index (χ1n) is 8.39. The van der Waals surface area contributed by atoms with Crippen LogP contribution in [-0.4, -0.2) is 26.2 Å². The Morgan fingerprint density at radius 1 is 1.12 bits per heavy atom. The predicted molar refractivity (Wildman–Crippen MR) is 97.2 cm³/mol. The second kappa shape index (κ2) is 7.05. The molecule has 0 spiro atoms. The molecule has 3 rings (SSSR count). The zero-order valence-corrected chi connectivity index (χ0v) is 15.0. The Hall–Kier alpha value is -2.69. The van der Waals surface area contributed by atoms with Gasteiger partial charge in [0, 0.05) is 17.3 Å². The average Bonchev–Trinajstić information content (AvgIpc) is 2.60. The van der Waals surface area contributed by atoms with E-state index in [4.69, 9.17) is 14.2 Å². The SMILES string of the molecule is COc1cc(C)c(C(=O)Nc2ccc3c(c2)OCCO3)cc1C(C)C. The Morgan fingerprint density at radius 2 is 1.84 bits per heavy atom. The van der Waals surface area contributed by atoms with Crippen molar-refractivity contribution in [2.24, 2.45) is 0 Å². The molecule has 0 fully saturated rings. The molecule has 25 heavy (non-hydrogen) atoms. The number of carbonyl (C=O) groups excluding carboxylic acids is 1. The summed E-state index contributed by atoms with van der Waals surface area (Å²) in [6.07, 6.45) is 0. The van der Waals surface area contributed by atoms with Crippen molar-refractivity contribution in [1.29, 1.82) is 0 Å². The third-order valence-corrected chi connectivity index (χ3v) is 4.24. The van der Waals surface area contributed by atoms with E-state index in [2.05, 4.69) is 19.2 Å². The van der Waals surface area contributed by atoms with Gasteiger partial charge in [-0.3, -0.25) is 4.79 Å². The number of benzene rings is 2. The third kappa shape index (κ3) is 3.55. The molecule has 1 aliphatic heterocycles. The number of anilines is 1. The first kappa shape index (κ1) is 17.1. The summed E-state index contributed by atoms with van der Waals surface area (Å²) < 4.78 is 16.5. The van der Waals surface area contributed by atoms with Gasteiger partial charge in [0.05, 0.1) is 7.11 Å². The third-order valence-electron chi connectivity index (χ3n) is 4.24. The van der Waals surface area contributed by atoms with Crippen LogP contribution < -0.4 is 19.5 Å². The van der Waals surface area contributed by atoms with Gasteiger partial charge in [0.2, 0.25) is 0 Å². The molecular formula is C20H23NO4. The van der Waals surface area contributed by atoms with Crippen LogP contribution in [0.5, 0.6) is 17.2 Å². The monoisotopic (exact) mass is 341 g/mol. The highest BCUT2D eigenvalue weighted by molar-refractivity contribution is 6.05. The molecule has 0 unspecified atom stereocenters. The molecule has 0 atom stereocenters. The topological polar surface area (TPSA) is 56.8 Å². The van der Waals surface area contributed by atoms with E-state index in [1.54, 1.807) is 13.2 Å². The van der Waals surface area contributed by atoms with E-state index < -0.39 is 0 Å². The van der Waals surface area contributed by atoms with Crippen LogP contribution in [0.2, 0.25) is 0 Å². The molecule has 132 valence electrons. The summed E-state index contributed by atoms with van der Waals surface area (Å²) in [6.45, 7) is 7.12. The maximum absolute atomic E-state index is 12.8. The van der Waals surface area contributed by atoms with E-state index in [1.807, 2.05) is 31.2 Å². The fraction of sp³-hybridized carbons (Fsp3) is 0.350. The lowest BCUT2D eigenvalue weighted by atomic mass is 9.96.